The van der Waals surface area contributed by atoms with E-state index in [0.29, 0.717) is 18.2 Å². The molecule has 1 atom stereocenters. The first-order chi connectivity index (χ1) is 8.70. The predicted octanol–water partition coefficient (Wildman–Crippen LogP) is 0.745. The number of nitriles is 1. The molecule has 0 radical (unpaired) electrons. The third-order valence-electron chi connectivity index (χ3n) is 2.65. The molecule has 0 amide bonds. The first-order valence-corrected chi connectivity index (χ1v) is 6.65. The van der Waals surface area contributed by atoms with Crippen LogP contribution in [0.2, 0.25) is 0 Å². The highest BCUT2D eigenvalue weighted by atomic mass is 32.2. The summed E-state index contributed by atoms with van der Waals surface area (Å²) in [5, 5.41) is 17.7. The van der Waals surface area contributed by atoms with Gasteiger partial charge >= 0.3 is 5.97 Å². The van der Waals surface area contributed by atoms with Crippen LogP contribution >= 0.6 is 11.8 Å². The van der Waals surface area contributed by atoms with Gasteiger partial charge in [-0.3, -0.25) is 4.79 Å². The second-order valence-electron chi connectivity index (χ2n) is 3.87. The van der Waals surface area contributed by atoms with Gasteiger partial charge in [-0.15, -0.1) is 0 Å². The van der Waals surface area contributed by atoms with Crippen molar-refractivity contribution in [3.8, 4) is 6.07 Å². The van der Waals surface area contributed by atoms with Gasteiger partial charge in [0.05, 0.1) is 12.5 Å². The minimum absolute atomic E-state index is 0.0626. The Balaban J connectivity index is 2.22. The highest BCUT2D eigenvalue weighted by Gasteiger charge is 2.27. The minimum Gasteiger partial charge on any atom is -0.481 e. The number of hydrogen-bond acceptors (Lipinski definition) is 6. The molecule has 7 heteroatoms. The van der Waals surface area contributed by atoms with Crippen LogP contribution < -0.4 is 4.90 Å². The van der Waals surface area contributed by atoms with E-state index in [0.717, 1.165) is 11.5 Å². The lowest BCUT2D eigenvalue weighted by Crippen LogP contribution is -2.44. The van der Waals surface area contributed by atoms with Crippen LogP contribution in [0.3, 0.4) is 0 Å². The first-order valence-electron chi connectivity index (χ1n) is 5.50. The second kappa shape index (κ2) is 5.69. The number of aliphatic carboxylic acids is 1. The van der Waals surface area contributed by atoms with Crippen molar-refractivity contribution in [2.45, 2.75) is 12.5 Å². The number of rotatable bonds is 3. The predicted molar refractivity (Wildman–Crippen MR) is 67.5 cm³/mol. The van der Waals surface area contributed by atoms with Gasteiger partial charge in [-0.1, -0.05) is 0 Å². The van der Waals surface area contributed by atoms with Gasteiger partial charge in [0, 0.05) is 24.2 Å². The number of aromatic nitrogens is 2. The Bertz CT molecular complexity index is 488. The normalized spacial score (nSPS) is 19.3. The third kappa shape index (κ3) is 2.90. The SMILES string of the molecule is N#Cc1ccnc(N2CCSCC2CC(=O)O)n1. The van der Waals surface area contributed by atoms with E-state index in [-0.39, 0.29) is 12.5 Å². The summed E-state index contributed by atoms with van der Waals surface area (Å²) in [6.07, 6.45) is 1.59. The van der Waals surface area contributed by atoms with Gasteiger partial charge in [-0.25, -0.2) is 9.97 Å². The summed E-state index contributed by atoms with van der Waals surface area (Å²) in [6, 6.07) is 3.38. The summed E-state index contributed by atoms with van der Waals surface area (Å²) < 4.78 is 0. The molecule has 1 saturated heterocycles. The maximum Gasteiger partial charge on any atom is 0.305 e. The summed E-state index contributed by atoms with van der Waals surface area (Å²) in [6.45, 7) is 0.706. The van der Waals surface area contributed by atoms with Crippen molar-refractivity contribution in [3.63, 3.8) is 0 Å². The summed E-state index contributed by atoms with van der Waals surface area (Å²) in [4.78, 5) is 21.0. The van der Waals surface area contributed by atoms with Crippen LogP contribution in [-0.2, 0) is 4.79 Å². The molecule has 0 aliphatic carbocycles. The van der Waals surface area contributed by atoms with Gasteiger partial charge in [0.2, 0.25) is 5.95 Å². The van der Waals surface area contributed by atoms with Crippen LogP contribution in [0.15, 0.2) is 12.3 Å². The fourth-order valence-electron chi connectivity index (χ4n) is 1.84. The molecule has 1 fully saturated rings. The fraction of sp³-hybridized carbons (Fsp3) is 0.455. The molecule has 2 heterocycles. The standard InChI is InChI=1S/C11H12N4O2S/c12-6-8-1-2-13-11(14-8)15-3-4-18-7-9(15)5-10(16)17/h1-2,9H,3-5,7H2,(H,16,17). The molecule has 1 aromatic rings. The van der Waals surface area contributed by atoms with E-state index < -0.39 is 5.97 Å². The number of carboxylic acids is 1. The van der Waals surface area contributed by atoms with E-state index in [4.69, 9.17) is 10.4 Å². The molecule has 0 saturated carbocycles. The lowest BCUT2D eigenvalue weighted by molar-refractivity contribution is -0.137. The van der Waals surface area contributed by atoms with Crippen LogP contribution in [0.5, 0.6) is 0 Å². The topological polar surface area (TPSA) is 90.1 Å². The highest BCUT2D eigenvalue weighted by molar-refractivity contribution is 7.99. The van der Waals surface area contributed by atoms with E-state index in [1.54, 1.807) is 11.8 Å². The Morgan fingerprint density at radius 2 is 2.56 bits per heavy atom. The average molecular weight is 264 g/mol. The van der Waals surface area contributed by atoms with E-state index in [1.807, 2.05) is 11.0 Å². The summed E-state index contributed by atoms with van der Waals surface area (Å²) in [5.41, 5.74) is 0.298. The molecule has 2 rings (SSSR count). The first kappa shape index (κ1) is 12.6. The molecule has 1 unspecified atom stereocenters. The lowest BCUT2D eigenvalue weighted by atomic mass is 10.2. The molecule has 0 bridgehead atoms. The van der Waals surface area contributed by atoms with Crippen molar-refractivity contribution in [1.29, 1.82) is 5.26 Å². The van der Waals surface area contributed by atoms with Gasteiger partial charge in [-0.05, 0) is 6.07 Å². The average Bonchev–Trinajstić information content (AvgIpc) is 2.39. The largest absolute Gasteiger partial charge is 0.481 e. The number of thioether (sulfide) groups is 1. The van der Waals surface area contributed by atoms with Gasteiger partial charge in [-0.2, -0.15) is 17.0 Å². The maximum absolute atomic E-state index is 10.8. The van der Waals surface area contributed by atoms with Crippen molar-refractivity contribution in [1.82, 2.24) is 9.97 Å². The van der Waals surface area contributed by atoms with Gasteiger partial charge in [0.15, 0.2) is 0 Å². The van der Waals surface area contributed by atoms with Crippen molar-refractivity contribution in [3.05, 3.63) is 18.0 Å². The molecule has 1 aliphatic heterocycles. The zero-order valence-corrected chi connectivity index (χ0v) is 10.4. The monoisotopic (exact) mass is 264 g/mol. The van der Waals surface area contributed by atoms with E-state index >= 15 is 0 Å². The summed E-state index contributed by atoms with van der Waals surface area (Å²) in [7, 11) is 0. The van der Waals surface area contributed by atoms with Gasteiger partial charge < -0.3 is 10.0 Å². The fourth-order valence-corrected chi connectivity index (χ4v) is 2.90. The third-order valence-corrected chi connectivity index (χ3v) is 3.74. The zero-order valence-electron chi connectivity index (χ0n) is 9.61. The molecule has 0 aromatic carbocycles. The van der Waals surface area contributed by atoms with Crippen LogP contribution in [0.25, 0.3) is 0 Å². The van der Waals surface area contributed by atoms with Gasteiger partial charge in [0.1, 0.15) is 11.8 Å². The Hall–Kier alpha value is -1.81. The number of carbonyl (C=O) groups is 1. The molecule has 18 heavy (non-hydrogen) atoms. The molecular formula is C11H12N4O2S. The minimum atomic E-state index is -0.830. The second-order valence-corrected chi connectivity index (χ2v) is 5.02. The maximum atomic E-state index is 10.8. The summed E-state index contributed by atoms with van der Waals surface area (Å²) >= 11 is 1.73. The lowest BCUT2D eigenvalue weighted by Gasteiger charge is -2.34. The Morgan fingerprint density at radius 3 is 3.28 bits per heavy atom. The molecule has 1 N–H and O–H groups in total. The zero-order chi connectivity index (χ0) is 13.0. The van der Waals surface area contributed by atoms with Gasteiger partial charge in [0.25, 0.3) is 0 Å². The van der Waals surface area contributed by atoms with Crippen molar-refractivity contribution >= 4 is 23.7 Å². The smallest absolute Gasteiger partial charge is 0.305 e. The van der Waals surface area contributed by atoms with Crippen LogP contribution in [0.1, 0.15) is 12.1 Å². The van der Waals surface area contributed by atoms with Crippen molar-refractivity contribution in [2.75, 3.05) is 23.0 Å². The number of carboxylic acid groups (broad SMARTS) is 1. The van der Waals surface area contributed by atoms with Crippen LogP contribution in [-0.4, -0.2) is 45.1 Å². The highest BCUT2D eigenvalue weighted by Crippen LogP contribution is 2.22. The van der Waals surface area contributed by atoms with Crippen LogP contribution in [0.4, 0.5) is 5.95 Å². The Morgan fingerprint density at radius 1 is 1.72 bits per heavy atom. The summed E-state index contributed by atoms with van der Waals surface area (Å²) in [5.74, 6) is 1.27. The van der Waals surface area contributed by atoms with Crippen LogP contribution in [0, 0.1) is 11.3 Å². The quantitative estimate of drug-likeness (QED) is 0.861. The number of anilines is 1. The Kier molecular flexibility index (Phi) is 3.99. The molecule has 94 valence electrons. The number of nitrogens with zero attached hydrogens (tertiary/aromatic N) is 4. The van der Waals surface area contributed by atoms with Crippen molar-refractivity contribution < 1.29 is 9.90 Å². The molecule has 1 aliphatic rings. The van der Waals surface area contributed by atoms with E-state index in [1.165, 1.54) is 12.3 Å². The molecular weight excluding hydrogens is 252 g/mol. The van der Waals surface area contributed by atoms with E-state index in [9.17, 15) is 4.79 Å². The van der Waals surface area contributed by atoms with Crippen molar-refractivity contribution in [2.24, 2.45) is 0 Å². The molecule has 6 nitrogen and oxygen atoms in total. The molecule has 1 aromatic heterocycles. The molecule has 0 spiro atoms. The Labute approximate surface area is 109 Å². The van der Waals surface area contributed by atoms with E-state index in [2.05, 4.69) is 9.97 Å². The number of hydrogen-bond donors (Lipinski definition) is 1.